The molecule has 0 bridgehead atoms. The Hall–Kier alpha value is -0.610. The Balaban J connectivity index is 2.17. The molecule has 1 saturated heterocycles. The monoisotopic (exact) mass is 214 g/mol. The van der Waals surface area contributed by atoms with Gasteiger partial charge < -0.3 is 4.90 Å². The highest BCUT2D eigenvalue weighted by atomic mass is 16.7. The summed E-state index contributed by atoms with van der Waals surface area (Å²) in [7, 11) is 0. The van der Waals surface area contributed by atoms with Gasteiger partial charge in [0.1, 0.15) is 6.54 Å². The molecule has 0 atom stereocenters. The summed E-state index contributed by atoms with van der Waals surface area (Å²) >= 11 is 0. The van der Waals surface area contributed by atoms with Crippen LogP contribution in [0.3, 0.4) is 0 Å². The lowest BCUT2D eigenvalue weighted by atomic mass is 10.1. The fourth-order valence-electron chi connectivity index (χ4n) is 1.57. The Morgan fingerprint density at radius 3 is 2.40 bits per heavy atom. The normalized spacial score (nSPS) is 17.9. The molecule has 88 valence electrons. The third kappa shape index (κ3) is 5.14. The van der Waals surface area contributed by atoms with E-state index in [1.807, 2.05) is 25.7 Å². The highest BCUT2D eigenvalue weighted by Crippen LogP contribution is 2.08. The van der Waals surface area contributed by atoms with E-state index < -0.39 is 0 Å². The van der Waals surface area contributed by atoms with Crippen molar-refractivity contribution in [2.24, 2.45) is 0 Å². The number of carbonyl (C=O) groups is 1. The third-order valence-corrected chi connectivity index (χ3v) is 2.31. The van der Waals surface area contributed by atoms with Gasteiger partial charge >= 0.3 is 0 Å². The van der Waals surface area contributed by atoms with Gasteiger partial charge in [0, 0.05) is 13.1 Å². The maximum absolute atomic E-state index is 11.7. The van der Waals surface area contributed by atoms with Crippen LogP contribution in [-0.2, 0) is 9.63 Å². The number of likely N-dealkylation sites (tertiary alicyclic amines) is 1. The average molecular weight is 214 g/mol. The molecule has 0 aromatic rings. The minimum absolute atomic E-state index is 0.138. The lowest BCUT2D eigenvalue weighted by Crippen LogP contribution is -2.42. The van der Waals surface area contributed by atoms with Crippen LogP contribution < -0.4 is 5.48 Å². The van der Waals surface area contributed by atoms with Gasteiger partial charge in [0.2, 0.25) is 5.91 Å². The molecule has 15 heavy (non-hydrogen) atoms. The first-order valence-corrected chi connectivity index (χ1v) is 5.68. The van der Waals surface area contributed by atoms with E-state index in [9.17, 15) is 4.79 Å². The van der Waals surface area contributed by atoms with E-state index in [2.05, 4.69) is 5.48 Å². The van der Waals surface area contributed by atoms with Gasteiger partial charge in [-0.25, -0.2) is 0 Å². The largest absolute Gasteiger partial charge is 0.342 e. The molecular formula is C11H22N2O2. The van der Waals surface area contributed by atoms with Crippen LogP contribution in [0.25, 0.3) is 0 Å². The van der Waals surface area contributed by atoms with Crippen LogP contribution in [0.1, 0.15) is 40.0 Å². The highest BCUT2D eigenvalue weighted by Gasteiger charge is 2.17. The molecule has 0 radical (unpaired) electrons. The van der Waals surface area contributed by atoms with Gasteiger partial charge in [-0.1, -0.05) is 0 Å². The van der Waals surface area contributed by atoms with E-state index in [1.165, 1.54) is 6.42 Å². The quantitative estimate of drug-likeness (QED) is 0.720. The number of piperidine rings is 1. The van der Waals surface area contributed by atoms with Gasteiger partial charge in [0.25, 0.3) is 0 Å². The first-order chi connectivity index (χ1) is 6.99. The summed E-state index contributed by atoms with van der Waals surface area (Å²) in [4.78, 5) is 18.9. The first kappa shape index (κ1) is 12.5. The fraction of sp³-hybridized carbons (Fsp3) is 0.909. The SMILES string of the molecule is CC(C)(C)ONCC(=O)N1CCCCC1. The molecule has 4 heteroatoms. The van der Waals surface area contributed by atoms with E-state index in [0.29, 0.717) is 0 Å². The molecule has 1 aliphatic rings. The number of nitrogens with one attached hydrogen (secondary N) is 1. The van der Waals surface area contributed by atoms with Crippen molar-refractivity contribution < 1.29 is 9.63 Å². The van der Waals surface area contributed by atoms with Crippen LogP contribution in [0, 0.1) is 0 Å². The Bertz CT molecular complexity index is 205. The Morgan fingerprint density at radius 2 is 1.87 bits per heavy atom. The van der Waals surface area contributed by atoms with Crippen LogP contribution in [0.4, 0.5) is 0 Å². The minimum Gasteiger partial charge on any atom is -0.342 e. The van der Waals surface area contributed by atoms with Crippen LogP contribution in [-0.4, -0.2) is 36.0 Å². The standard InChI is InChI=1S/C11H22N2O2/c1-11(2,3)15-12-9-10(14)13-7-5-4-6-8-13/h12H,4-9H2,1-3H3. The van der Waals surface area contributed by atoms with Crippen LogP contribution in [0.2, 0.25) is 0 Å². The molecule has 0 unspecified atom stereocenters. The average Bonchev–Trinajstić information content (AvgIpc) is 2.17. The second kappa shape index (κ2) is 5.47. The van der Waals surface area contributed by atoms with Crippen molar-refractivity contribution in [2.45, 2.75) is 45.6 Å². The van der Waals surface area contributed by atoms with Crippen LogP contribution in [0.15, 0.2) is 0 Å². The zero-order valence-corrected chi connectivity index (χ0v) is 10.0. The number of hydrogen-bond acceptors (Lipinski definition) is 3. The Labute approximate surface area is 91.9 Å². The van der Waals surface area contributed by atoms with Crippen LogP contribution >= 0.6 is 0 Å². The van der Waals surface area contributed by atoms with E-state index >= 15 is 0 Å². The topological polar surface area (TPSA) is 41.6 Å². The summed E-state index contributed by atoms with van der Waals surface area (Å²) in [5.41, 5.74) is 2.48. The molecule has 1 aliphatic heterocycles. The number of hydrogen-bond donors (Lipinski definition) is 1. The van der Waals surface area contributed by atoms with Crippen molar-refractivity contribution in [3.63, 3.8) is 0 Å². The molecule has 0 aromatic heterocycles. The van der Waals surface area contributed by atoms with Crippen molar-refractivity contribution >= 4 is 5.91 Å². The number of rotatable bonds is 3. The predicted molar refractivity (Wildman–Crippen MR) is 59.3 cm³/mol. The van der Waals surface area contributed by atoms with E-state index in [1.54, 1.807) is 0 Å². The molecule has 0 aromatic carbocycles. The fourth-order valence-corrected chi connectivity index (χ4v) is 1.57. The summed E-state index contributed by atoms with van der Waals surface area (Å²) in [6.45, 7) is 7.92. The highest BCUT2D eigenvalue weighted by molar-refractivity contribution is 5.78. The van der Waals surface area contributed by atoms with Gasteiger partial charge in [-0.2, -0.15) is 5.48 Å². The molecule has 0 spiro atoms. The zero-order chi connectivity index (χ0) is 11.3. The van der Waals surface area contributed by atoms with E-state index in [0.717, 1.165) is 25.9 Å². The lowest BCUT2D eigenvalue weighted by molar-refractivity contribution is -0.137. The molecule has 1 rings (SSSR count). The van der Waals surface area contributed by atoms with Crippen molar-refractivity contribution in [3.05, 3.63) is 0 Å². The zero-order valence-electron chi connectivity index (χ0n) is 10.0. The van der Waals surface area contributed by atoms with E-state index in [4.69, 9.17) is 4.84 Å². The molecule has 1 N–H and O–H groups in total. The molecule has 0 aliphatic carbocycles. The van der Waals surface area contributed by atoms with E-state index in [-0.39, 0.29) is 18.1 Å². The molecule has 1 heterocycles. The second-order valence-electron chi connectivity index (χ2n) is 4.98. The van der Waals surface area contributed by atoms with Gasteiger partial charge in [-0.3, -0.25) is 9.63 Å². The molecule has 1 fully saturated rings. The van der Waals surface area contributed by atoms with Crippen molar-refractivity contribution in [3.8, 4) is 0 Å². The maximum atomic E-state index is 11.7. The number of hydroxylamine groups is 1. The number of nitrogens with zero attached hydrogens (tertiary/aromatic N) is 1. The van der Waals surface area contributed by atoms with Gasteiger partial charge in [0.05, 0.1) is 5.60 Å². The first-order valence-electron chi connectivity index (χ1n) is 5.68. The summed E-state index contributed by atoms with van der Waals surface area (Å²) in [6, 6.07) is 0. The maximum Gasteiger partial charge on any atom is 0.238 e. The smallest absolute Gasteiger partial charge is 0.238 e. The lowest BCUT2D eigenvalue weighted by Gasteiger charge is -2.27. The summed E-state index contributed by atoms with van der Waals surface area (Å²) in [5.74, 6) is 0.138. The molecule has 0 saturated carbocycles. The van der Waals surface area contributed by atoms with Gasteiger partial charge in [-0.15, -0.1) is 0 Å². The van der Waals surface area contributed by atoms with Crippen molar-refractivity contribution in [1.29, 1.82) is 0 Å². The van der Waals surface area contributed by atoms with Gasteiger partial charge in [-0.05, 0) is 40.0 Å². The summed E-state index contributed by atoms with van der Waals surface area (Å²) in [5, 5.41) is 0. The van der Waals surface area contributed by atoms with Crippen molar-refractivity contribution in [2.75, 3.05) is 19.6 Å². The predicted octanol–water partition coefficient (Wildman–Crippen LogP) is 1.32. The van der Waals surface area contributed by atoms with Crippen LogP contribution in [0.5, 0.6) is 0 Å². The molecule has 4 nitrogen and oxygen atoms in total. The number of carbonyl (C=O) groups excluding carboxylic acids is 1. The number of amides is 1. The molecule has 1 amide bonds. The van der Waals surface area contributed by atoms with Crippen molar-refractivity contribution in [1.82, 2.24) is 10.4 Å². The summed E-state index contributed by atoms with van der Waals surface area (Å²) in [6.07, 6.45) is 3.51. The summed E-state index contributed by atoms with van der Waals surface area (Å²) < 4.78 is 0. The van der Waals surface area contributed by atoms with Gasteiger partial charge in [0.15, 0.2) is 0 Å². The third-order valence-electron chi connectivity index (χ3n) is 2.31. The second-order valence-corrected chi connectivity index (χ2v) is 4.98. The minimum atomic E-state index is -0.248. The molecular weight excluding hydrogens is 192 g/mol. The Kier molecular flexibility index (Phi) is 4.54. The Morgan fingerprint density at radius 1 is 1.27 bits per heavy atom.